The molecule has 12 rings (SSSR count). The molecule has 0 N–H and O–H groups in total. The molecule has 0 heterocycles. The zero-order valence-corrected chi connectivity index (χ0v) is 46.0. The third kappa shape index (κ3) is 13.0. The molecular formula is C62H73Cl2F3SiZr. The molecule has 0 nitrogen and oxygen atoms in total. The molecule has 0 saturated heterocycles. The van der Waals surface area contributed by atoms with Gasteiger partial charge < -0.3 is 0 Å². The molecular weight excluding hydrogens is 992 g/mol. The number of benzene rings is 4. The van der Waals surface area contributed by atoms with E-state index in [1.807, 2.05) is 0 Å². The molecule has 6 aliphatic carbocycles. The molecule has 0 aromatic heterocycles. The van der Waals surface area contributed by atoms with Crippen molar-refractivity contribution in [2.45, 2.75) is 178 Å². The zero-order valence-electron chi connectivity index (χ0n) is 41.1. The molecule has 0 amide bonds. The maximum atomic E-state index is 11.2. The summed E-state index contributed by atoms with van der Waals surface area (Å²) in [5.74, 6) is 3.66. The zero-order chi connectivity index (χ0) is 47.9. The van der Waals surface area contributed by atoms with E-state index in [9.17, 15) is 13.2 Å². The van der Waals surface area contributed by atoms with Gasteiger partial charge in [-0.2, -0.15) is 25.3 Å². The Balaban J connectivity index is 0.000000142. The number of hydrogen-bond acceptors (Lipinski definition) is 0. The van der Waals surface area contributed by atoms with Crippen LogP contribution in [0.3, 0.4) is 0 Å². The molecule has 6 aliphatic rings. The maximum absolute atomic E-state index is 11.2. The van der Waals surface area contributed by atoms with Crippen LogP contribution in [0.25, 0.3) is 43.8 Å². The van der Waals surface area contributed by atoms with E-state index in [2.05, 4.69) is 109 Å². The molecule has 6 fully saturated rings. The molecule has 4 bridgehead atoms. The quantitative estimate of drug-likeness (QED) is 0.0947. The normalized spacial score (nSPS) is 24.3. The average molecular weight is 1070 g/mol. The third-order valence-electron chi connectivity index (χ3n) is 17.8. The smallest absolute Gasteiger partial charge is 0.0162 e. The molecule has 0 unspecified atom stereocenters. The fraction of sp³-hybridized carbons (Fsp3) is 0.516. The molecule has 6 saturated carbocycles. The van der Waals surface area contributed by atoms with Gasteiger partial charge in [0.05, 0.1) is 0 Å². The molecule has 0 spiro atoms. The monoisotopic (exact) mass is 1060 g/mol. The Morgan fingerprint density at radius 3 is 1.28 bits per heavy atom. The Labute approximate surface area is 433 Å². The van der Waals surface area contributed by atoms with Crippen LogP contribution in [-0.2, 0) is 33.7 Å². The minimum absolute atomic E-state index is 0.281. The van der Waals surface area contributed by atoms with E-state index >= 15 is 0 Å². The van der Waals surface area contributed by atoms with Crippen molar-refractivity contribution in [3.05, 3.63) is 131 Å². The second kappa shape index (κ2) is 23.6. The molecule has 69 heavy (non-hydrogen) atoms. The van der Waals surface area contributed by atoms with Gasteiger partial charge in [0.2, 0.25) is 0 Å². The van der Waals surface area contributed by atoms with Gasteiger partial charge in [0, 0.05) is 15.9 Å². The van der Waals surface area contributed by atoms with Crippen LogP contribution >= 0.6 is 17.0 Å². The van der Waals surface area contributed by atoms with E-state index in [1.165, 1.54) is 185 Å². The molecule has 0 aliphatic heterocycles. The maximum Gasteiger partial charge on any atom is -0.0162 e. The van der Waals surface area contributed by atoms with E-state index in [0.717, 1.165) is 23.7 Å². The minimum atomic E-state index is -3.94. The van der Waals surface area contributed by atoms with Crippen LogP contribution < -0.4 is 0 Å². The van der Waals surface area contributed by atoms with E-state index in [0.29, 0.717) is 20.3 Å². The summed E-state index contributed by atoms with van der Waals surface area (Å²) < 4.78 is 33.7. The summed E-state index contributed by atoms with van der Waals surface area (Å²) in [7, 11) is 10.3. The van der Waals surface area contributed by atoms with Gasteiger partial charge >= 0.3 is 44.1 Å². The van der Waals surface area contributed by atoms with Gasteiger partial charge in [0.15, 0.2) is 0 Å². The first kappa shape index (κ1) is 51.5. The summed E-state index contributed by atoms with van der Waals surface area (Å²) in [6.45, 7) is 1.77. The summed E-state index contributed by atoms with van der Waals surface area (Å²) in [4.78, 5) is 0. The SMILES string of the molecule is C[Si]CCC(F)(F)F.[Cl][Zr+2][Cl].c1cc(-c2ccc(C3CCCCC3)cc2)c2cc(CC34CCC(CC3)C4)[cH-]c2c1.c1cc(-c2ccc(C3CCCCC3)cc2)c2cc(CC34CCC(CC3)C4)[cH-]c2c1. The van der Waals surface area contributed by atoms with Crippen LogP contribution in [0.2, 0.25) is 12.6 Å². The first-order valence-electron chi connectivity index (χ1n) is 26.8. The molecule has 2 radical (unpaired) electrons. The van der Waals surface area contributed by atoms with Crippen molar-refractivity contribution in [1.29, 1.82) is 0 Å². The van der Waals surface area contributed by atoms with Crippen LogP contribution in [0.5, 0.6) is 0 Å². The number of rotatable bonds is 10. The average Bonchev–Trinajstić information content (AvgIpc) is 4.26. The Hall–Kier alpha value is -2.43. The summed E-state index contributed by atoms with van der Waals surface area (Å²) in [6, 6.07) is 43.2. The first-order chi connectivity index (χ1) is 33.5. The topological polar surface area (TPSA) is 0 Å². The van der Waals surface area contributed by atoms with Crippen LogP contribution in [-0.4, -0.2) is 15.7 Å². The largest absolute Gasteiger partial charge is 0.164 e. The standard InChI is InChI=1S/2C29H33.C4H7F3Si.2ClH.Zr/c2*1-2-5-23(6-3-1)24-9-11-25(12-10-24)27-8-4-7-26-17-22(18-28(26)27)20-29-15-13-21(19-29)14-16-29;1-8-3-2-4(5,6)7;;;/h2*4,7-12,17-18,21,23H,1-3,5-6,13-16,19-20H2;2-3H2,1H3;2*1H;/q2*-1;;;;+4/p-2. The van der Waals surface area contributed by atoms with Gasteiger partial charge in [0.1, 0.15) is 0 Å². The van der Waals surface area contributed by atoms with Gasteiger partial charge in [-0.1, -0.05) is 123 Å². The number of halogens is 5. The van der Waals surface area contributed by atoms with E-state index < -0.39 is 33.4 Å². The van der Waals surface area contributed by atoms with Crippen LogP contribution in [0.4, 0.5) is 13.2 Å². The van der Waals surface area contributed by atoms with Crippen molar-refractivity contribution in [3.63, 3.8) is 0 Å². The van der Waals surface area contributed by atoms with E-state index in [1.54, 1.807) is 28.8 Å². The van der Waals surface area contributed by atoms with Crippen molar-refractivity contribution in [2.75, 3.05) is 0 Å². The van der Waals surface area contributed by atoms with Crippen molar-refractivity contribution in [2.24, 2.45) is 22.7 Å². The Morgan fingerprint density at radius 1 is 0.565 bits per heavy atom. The Morgan fingerprint density at radius 2 is 0.957 bits per heavy atom. The van der Waals surface area contributed by atoms with Crippen LogP contribution in [0, 0.1) is 22.7 Å². The Kier molecular flexibility index (Phi) is 17.6. The van der Waals surface area contributed by atoms with Gasteiger partial charge in [0.25, 0.3) is 0 Å². The number of alkyl halides is 3. The van der Waals surface area contributed by atoms with Gasteiger partial charge in [-0.15, -0.1) is 69.1 Å². The molecule has 6 aromatic carbocycles. The summed E-state index contributed by atoms with van der Waals surface area (Å²) in [5, 5.41) is 5.77. The number of fused-ring (bicyclic) bond motifs is 6. The van der Waals surface area contributed by atoms with Crippen molar-refractivity contribution >= 4 is 48.1 Å². The van der Waals surface area contributed by atoms with E-state index in [-0.39, 0.29) is 6.04 Å². The van der Waals surface area contributed by atoms with Gasteiger partial charge in [-0.25, -0.2) is 0 Å². The minimum Gasteiger partial charge on any atom is -0.164 e. The second-order valence-electron chi connectivity index (χ2n) is 22.4. The van der Waals surface area contributed by atoms with Crippen molar-refractivity contribution < 1.29 is 34.0 Å². The fourth-order valence-electron chi connectivity index (χ4n) is 14.3. The fourth-order valence-corrected chi connectivity index (χ4v) is 14.8. The predicted octanol–water partition coefficient (Wildman–Crippen LogP) is 20.3. The first-order valence-corrected chi connectivity index (χ1v) is 34.8. The summed E-state index contributed by atoms with van der Waals surface area (Å²) >= 11 is -0.826. The van der Waals surface area contributed by atoms with Crippen molar-refractivity contribution in [3.8, 4) is 22.3 Å². The van der Waals surface area contributed by atoms with E-state index in [4.69, 9.17) is 17.0 Å². The predicted molar refractivity (Wildman–Crippen MR) is 286 cm³/mol. The number of hydrogen-bond donors (Lipinski definition) is 0. The molecule has 0 atom stereocenters. The summed E-state index contributed by atoms with van der Waals surface area (Å²) in [5.41, 5.74) is 13.1. The Bertz CT molecular complexity index is 2360. The van der Waals surface area contributed by atoms with Crippen LogP contribution in [0.1, 0.15) is 169 Å². The van der Waals surface area contributed by atoms with Crippen LogP contribution in [0.15, 0.2) is 109 Å². The van der Waals surface area contributed by atoms with Crippen molar-refractivity contribution in [1.82, 2.24) is 0 Å². The van der Waals surface area contributed by atoms with Gasteiger partial charge in [-0.3, -0.25) is 0 Å². The second-order valence-corrected chi connectivity index (χ2v) is 27.4. The molecule has 7 heteroatoms. The summed E-state index contributed by atoms with van der Waals surface area (Å²) in [6.07, 6.45) is 26.8. The third-order valence-corrected chi connectivity index (χ3v) is 18.6. The molecule has 6 aromatic rings. The van der Waals surface area contributed by atoms with Gasteiger partial charge in [-0.05, 0) is 159 Å². The molecule has 364 valence electrons.